The second-order valence-corrected chi connectivity index (χ2v) is 8.82. The summed E-state index contributed by atoms with van der Waals surface area (Å²) in [5.74, 6) is 0.00609. The van der Waals surface area contributed by atoms with Gasteiger partial charge in [-0.2, -0.15) is 5.06 Å². The average molecular weight is 399 g/mol. The highest BCUT2D eigenvalue weighted by Gasteiger charge is 2.48. The summed E-state index contributed by atoms with van der Waals surface area (Å²) in [5.41, 5.74) is 1.03. The first-order chi connectivity index (χ1) is 14.2. The summed E-state index contributed by atoms with van der Waals surface area (Å²) in [4.78, 5) is 35.9. The minimum Gasteiger partial charge on any atom is -0.351 e. The number of amides is 3. The van der Waals surface area contributed by atoms with Crippen molar-refractivity contribution in [3.8, 4) is 0 Å². The van der Waals surface area contributed by atoms with E-state index in [0.29, 0.717) is 19.6 Å². The Morgan fingerprint density at radius 2 is 1.72 bits per heavy atom. The molecule has 7 nitrogen and oxygen atoms in total. The SMILES string of the molecule is O=C(NC1CCN(C2CC2)CC1)[C@@H]1CC[C@@H]2CN1C(=O)N2OCc1ccccc1. The quantitative estimate of drug-likeness (QED) is 0.797. The lowest BCUT2D eigenvalue weighted by atomic mass is 9.98. The maximum Gasteiger partial charge on any atom is 0.345 e. The number of fused-ring (bicyclic) bond motifs is 2. The van der Waals surface area contributed by atoms with Gasteiger partial charge in [-0.05, 0) is 44.1 Å². The molecular formula is C22H30N4O3. The zero-order valence-corrected chi connectivity index (χ0v) is 16.8. The van der Waals surface area contributed by atoms with Gasteiger partial charge < -0.3 is 15.1 Å². The molecule has 4 aliphatic rings. The van der Waals surface area contributed by atoms with Crippen molar-refractivity contribution in [2.24, 2.45) is 0 Å². The molecule has 4 fully saturated rings. The van der Waals surface area contributed by atoms with Crippen molar-refractivity contribution in [1.29, 1.82) is 0 Å². The van der Waals surface area contributed by atoms with Crippen molar-refractivity contribution in [2.45, 2.75) is 69.3 Å². The monoisotopic (exact) mass is 398 g/mol. The predicted octanol–water partition coefficient (Wildman–Crippen LogP) is 2.13. The molecule has 1 saturated carbocycles. The van der Waals surface area contributed by atoms with Crippen molar-refractivity contribution >= 4 is 11.9 Å². The highest BCUT2D eigenvalue weighted by molar-refractivity contribution is 5.88. The van der Waals surface area contributed by atoms with E-state index in [9.17, 15) is 9.59 Å². The minimum atomic E-state index is -0.370. The molecule has 1 N–H and O–H groups in total. The number of hydrogen-bond donors (Lipinski definition) is 1. The van der Waals surface area contributed by atoms with Crippen molar-refractivity contribution in [1.82, 2.24) is 20.2 Å². The maximum absolute atomic E-state index is 12.9. The lowest BCUT2D eigenvalue weighted by Crippen LogP contribution is -2.54. The number of rotatable bonds is 6. The average Bonchev–Trinajstić information content (AvgIpc) is 3.57. The van der Waals surface area contributed by atoms with Gasteiger partial charge in [0.1, 0.15) is 12.6 Å². The topological polar surface area (TPSA) is 65.1 Å². The third kappa shape index (κ3) is 3.98. The highest BCUT2D eigenvalue weighted by atomic mass is 16.7. The van der Waals surface area contributed by atoms with E-state index in [1.165, 1.54) is 17.9 Å². The molecule has 7 heteroatoms. The van der Waals surface area contributed by atoms with Gasteiger partial charge in [0.25, 0.3) is 0 Å². The van der Waals surface area contributed by atoms with Gasteiger partial charge in [0.05, 0.1) is 6.04 Å². The first kappa shape index (κ1) is 18.9. The van der Waals surface area contributed by atoms with Gasteiger partial charge in [-0.25, -0.2) is 4.79 Å². The molecule has 0 radical (unpaired) electrons. The zero-order valence-electron chi connectivity index (χ0n) is 16.8. The molecule has 0 spiro atoms. The number of nitrogens with zero attached hydrogens (tertiary/aromatic N) is 3. The fourth-order valence-corrected chi connectivity index (χ4v) is 4.93. The van der Waals surface area contributed by atoms with Gasteiger partial charge in [0, 0.05) is 31.7 Å². The number of carbonyl (C=O) groups excluding carboxylic acids is 2. The largest absolute Gasteiger partial charge is 0.351 e. The van der Waals surface area contributed by atoms with Crippen LogP contribution < -0.4 is 5.32 Å². The Bertz CT molecular complexity index is 746. The molecule has 156 valence electrons. The Morgan fingerprint density at radius 1 is 1.00 bits per heavy atom. The fourth-order valence-electron chi connectivity index (χ4n) is 4.93. The Balaban J connectivity index is 1.14. The molecule has 3 amide bonds. The number of carbonyl (C=O) groups is 2. The lowest BCUT2D eigenvalue weighted by molar-refractivity contribution is -0.140. The van der Waals surface area contributed by atoms with Crippen molar-refractivity contribution < 1.29 is 14.4 Å². The Hall–Kier alpha value is -2.12. The molecule has 0 unspecified atom stereocenters. The Labute approximate surface area is 171 Å². The van der Waals surface area contributed by atoms with Crippen LogP contribution >= 0.6 is 0 Å². The van der Waals surface area contributed by atoms with Crippen LogP contribution in [0.25, 0.3) is 0 Å². The van der Waals surface area contributed by atoms with E-state index < -0.39 is 0 Å². The highest BCUT2D eigenvalue weighted by Crippen LogP contribution is 2.32. The molecule has 3 aliphatic heterocycles. The standard InChI is InChI=1S/C22H30N4O3/c27-21(23-17-10-12-24(13-11-17)18-6-7-18)20-9-8-19-14-25(20)22(28)26(19)29-15-16-4-2-1-3-5-16/h1-5,17-20H,6-15H2,(H,23,27)/t19-,20+/m1/s1. The first-order valence-corrected chi connectivity index (χ1v) is 11.0. The van der Waals surface area contributed by atoms with Gasteiger partial charge >= 0.3 is 6.03 Å². The molecule has 2 atom stereocenters. The van der Waals surface area contributed by atoms with E-state index in [-0.39, 0.29) is 30.1 Å². The fraction of sp³-hybridized carbons (Fsp3) is 0.636. The molecule has 1 aliphatic carbocycles. The second-order valence-electron chi connectivity index (χ2n) is 8.82. The van der Waals surface area contributed by atoms with Gasteiger partial charge in [-0.1, -0.05) is 30.3 Å². The molecule has 5 rings (SSSR count). The number of hydrogen-bond acceptors (Lipinski definition) is 4. The maximum atomic E-state index is 12.9. The normalized spacial score (nSPS) is 28.1. The minimum absolute atomic E-state index is 0.00609. The van der Waals surface area contributed by atoms with E-state index in [4.69, 9.17) is 4.84 Å². The van der Waals surface area contributed by atoms with Gasteiger partial charge in [0.15, 0.2) is 0 Å². The summed E-state index contributed by atoms with van der Waals surface area (Å²) in [6.45, 7) is 3.09. The third-order valence-electron chi connectivity index (χ3n) is 6.78. The molecule has 2 bridgehead atoms. The Kier molecular flexibility index (Phi) is 5.18. The summed E-state index contributed by atoms with van der Waals surface area (Å²) >= 11 is 0. The predicted molar refractivity (Wildman–Crippen MR) is 108 cm³/mol. The number of urea groups is 1. The van der Waals surface area contributed by atoms with Crippen LogP contribution in [0, 0.1) is 0 Å². The van der Waals surface area contributed by atoms with E-state index in [1.807, 2.05) is 30.3 Å². The molecule has 3 heterocycles. The number of nitrogens with one attached hydrogen (secondary N) is 1. The van der Waals surface area contributed by atoms with E-state index in [2.05, 4.69) is 10.2 Å². The van der Waals surface area contributed by atoms with E-state index in [1.54, 1.807) is 4.90 Å². The van der Waals surface area contributed by atoms with E-state index >= 15 is 0 Å². The molecule has 1 aromatic carbocycles. The number of likely N-dealkylation sites (tertiary alicyclic amines) is 1. The van der Waals surface area contributed by atoms with Gasteiger partial charge in [-0.3, -0.25) is 9.63 Å². The smallest absolute Gasteiger partial charge is 0.345 e. The zero-order chi connectivity index (χ0) is 19.8. The van der Waals surface area contributed by atoms with E-state index in [0.717, 1.165) is 44.0 Å². The van der Waals surface area contributed by atoms with Crippen LogP contribution in [0.1, 0.15) is 44.1 Å². The summed E-state index contributed by atoms with van der Waals surface area (Å²) in [5, 5.41) is 4.72. The summed E-state index contributed by atoms with van der Waals surface area (Å²) in [6.07, 6.45) is 6.19. The molecular weight excluding hydrogens is 368 g/mol. The molecule has 29 heavy (non-hydrogen) atoms. The van der Waals surface area contributed by atoms with Crippen molar-refractivity contribution in [2.75, 3.05) is 19.6 Å². The van der Waals surface area contributed by atoms with Crippen LogP contribution in [0.4, 0.5) is 4.79 Å². The van der Waals surface area contributed by atoms with Crippen LogP contribution in [0.3, 0.4) is 0 Å². The van der Waals surface area contributed by atoms with Crippen molar-refractivity contribution in [3.63, 3.8) is 0 Å². The summed E-state index contributed by atoms with van der Waals surface area (Å²) < 4.78 is 0. The first-order valence-electron chi connectivity index (χ1n) is 11.0. The third-order valence-corrected chi connectivity index (χ3v) is 6.78. The van der Waals surface area contributed by atoms with Crippen LogP contribution in [0.2, 0.25) is 0 Å². The number of hydroxylamine groups is 2. The molecule has 0 aromatic heterocycles. The number of piperidine rings is 2. The van der Waals surface area contributed by atoms with Crippen LogP contribution in [0.15, 0.2) is 30.3 Å². The van der Waals surface area contributed by atoms with Crippen LogP contribution in [-0.2, 0) is 16.2 Å². The van der Waals surface area contributed by atoms with Crippen molar-refractivity contribution in [3.05, 3.63) is 35.9 Å². The van der Waals surface area contributed by atoms with Gasteiger partial charge in [0.2, 0.25) is 5.91 Å². The summed E-state index contributed by atoms with van der Waals surface area (Å²) in [6, 6.07) is 10.4. The lowest BCUT2D eigenvalue weighted by Gasteiger charge is -2.35. The van der Waals surface area contributed by atoms with Crippen LogP contribution in [0.5, 0.6) is 0 Å². The van der Waals surface area contributed by atoms with Gasteiger partial charge in [-0.15, -0.1) is 0 Å². The van der Waals surface area contributed by atoms with Crippen LogP contribution in [-0.4, -0.2) is 70.6 Å². The number of benzene rings is 1. The summed E-state index contributed by atoms with van der Waals surface area (Å²) in [7, 11) is 0. The molecule has 1 aromatic rings. The Morgan fingerprint density at radius 3 is 2.45 bits per heavy atom. The second kappa shape index (κ2) is 7.95. The molecule has 3 saturated heterocycles.